The van der Waals surface area contributed by atoms with E-state index in [1.807, 2.05) is 20.9 Å². The molecule has 1 aromatic carbocycles. The van der Waals surface area contributed by atoms with E-state index in [4.69, 9.17) is 0 Å². The standard InChI is InChI=1S/C14H16F3N3/c1-9-13(10(2)20(3)19-9)8-18-12-6-4-11(5-7-12)14(15,16)17/h4-7,18H,8H2,1-3H3. The maximum absolute atomic E-state index is 12.4. The second-order valence-electron chi connectivity index (χ2n) is 4.70. The van der Waals surface area contributed by atoms with Crippen molar-refractivity contribution in [3.63, 3.8) is 0 Å². The summed E-state index contributed by atoms with van der Waals surface area (Å²) in [5.41, 5.74) is 3.04. The molecule has 0 aliphatic heterocycles. The molecule has 0 saturated heterocycles. The summed E-state index contributed by atoms with van der Waals surface area (Å²) in [6, 6.07) is 5.02. The third kappa shape index (κ3) is 2.95. The molecule has 0 amide bonds. The van der Waals surface area contributed by atoms with E-state index in [9.17, 15) is 13.2 Å². The van der Waals surface area contributed by atoms with Crippen molar-refractivity contribution in [2.45, 2.75) is 26.6 Å². The topological polar surface area (TPSA) is 29.9 Å². The number of aromatic nitrogens is 2. The van der Waals surface area contributed by atoms with Gasteiger partial charge in [0, 0.05) is 30.5 Å². The van der Waals surface area contributed by atoms with E-state index >= 15 is 0 Å². The normalized spacial score (nSPS) is 11.7. The number of rotatable bonds is 3. The van der Waals surface area contributed by atoms with Crippen molar-refractivity contribution in [1.29, 1.82) is 0 Å². The summed E-state index contributed by atoms with van der Waals surface area (Å²) >= 11 is 0. The van der Waals surface area contributed by atoms with Crippen LogP contribution in [-0.2, 0) is 19.8 Å². The van der Waals surface area contributed by atoms with Gasteiger partial charge in [-0.05, 0) is 38.1 Å². The highest BCUT2D eigenvalue weighted by atomic mass is 19.4. The molecule has 1 N–H and O–H groups in total. The Morgan fingerprint density at radius 2 is 1.75 bits per heavy atom. The van der Waals surface area contributed by atoms with E-state index in [0.717, 1.165) is 29.1 Å². The Morgan fingerprint density at radius 1 is 1.15 bits per heavy atom. The maximum Gasteiger partial charge on any atom is 0.416 e. The van der Waals surface area contributed by atoms with Gasteiger partial charge in [0.25, 0.3) is 0 Å². The minimum Gasteiger partial charge on any atom is -0.381 e. The molecule has 6 heteroatoms. The molecular weight excluding hydrogens is 267 g/mol. The van der Waals surface area contributed by atoms with Gasteiger partial charge >= 0.3 is 6.18 Å². The van der Waals surface area contributed by atoms with Crippen LogP contribution in [0.15, 0.2) is 24.3 Å². The van der Waals surface area contributed by atoms with E-state index in [2.05, 4.69) is 10.4 Å². The van der Waals surface area contributed by atoms with Gasteiger partial charge in [-0.2, -0.15) is 18.3 Å². The highest BCUT2D eigenvalue weighted by molar-refractivity contribution is 5.46. The first-order valence-electron chi connectivity index (χ1n) is 6.19. The summed E-state index contributed by atoms with van der Waals surface area (Å²) in [5.74, 6) is 0. The quantitative estimate of drug-likeness (QED) is 0.931. The Kier molecular flexibility index (Phi) is 3.74. The number of hydrogen-bond acceptors (Lipinski definition) is 2. The molecule has 2 aromatic rings. The van der Waals surface area contributed by atoms with Crippen LogP contribution in [0.3, 0.4) is 0 Å². The lowest BCUT2D eigenvalue weighted by atomic mass is 10.1. The third-order valence-corrected chi connectivity index (χ3v) is 3.34. The maximum atomic E-state index is 12.4. The Bertz CT molecular complexity index is 597. The average molecular weight is 283 g/mol. The predicted molar refractivity (Wildman–Crippen MR) is 71.5 cm³/mol. The largest absolute Gasteiger partial charge is 0.416 e. The van der Waals surface area contributed by atoms with E-state index < -0.39 is 11.7 Å². The van der Waals surface area contributed by atoms with Gasteiger partial charge in [-0.3, -0.25) is 4.68 Å². The lowest BCUT2D eigenvalue weighted by molar-refractivity contribution is -0.137. The molecule has 3 nitrogen and oxygen atoms in total. The predicted octanol–water partition coefficient (Wildman–Crippen LogP) is 3.67. The van der Waals surface area contributed by atoms with Gasteiger partial charge in [-0.1, -0.05) is 0 Å². The zero-order valence-electron chi connectivity index (χ0n) is 11.5. The molecule has 0 fully saturated rings. The number of anilines is 1. The summed E-state index contributed by atoms with van der Waals surface area (Å²) < 4.78 is 39.1. The van der Waals surface area contributed by atoms with Gasteiger partial charge in [-0.15, -0.1) is 0 Å². The summed E-state index contributed by atoms with van der Waals surface area (Å²) in [7, 11) is 1.87. The fourth-order valence-corrected chi connectivity index (χ4v) is 2.04. The fourth-order valence-electron chi connectivity index (χ4n) is 2.04. The van der Waals surface area contributed by atoms with Crippen molar-refractivity contribution in [3.8, 4) is 0 Å². The van der Waals surface area contributed by atoms with Gasteiger partial charge < -0.3 is 5.32 Å². The Labute approximate surface area is 115 Å². The monoisotopic (exact) mass is 283 g/mol. The second-order valence-corrected chi connectivity index (χ2v) is 4.70. The van der Waals surface area contributed by atoms with Gasteiger partial charge in [0.2, 0.25) is 0 Å². The summed E-state index contributed by atoms with van der Waals surface area (Å²) in [4.78, 5) is 0. The van der Waals surface area contributed by atoms with E-state index in [0.29, 0.717) is 12.2 Å². The molecule has 0 aliphatic carbocycles. The number of nitrogens with zero attached hydrogens (tertiary/aromatic N) is 2. The second kappa shape index (κ2) is 5.19. The lowest BCUT2D eigenvalue weighted by Crippen LogP contribution is -2.06. The number of aryl methyl sites for hydroxylation is 2. The molecule has 0 bridgehead atoms. The molecule has 0 unspecified atom stereocenters. The molecule has 0 radical (unpaired) electrons. The zero-order chi connectivity index (χ0) is 14.9. The van der Waals surface area contributed by atoms with Crippen molar-refractivity contribution in [2.24, 2.45) is 7.05 Å². The number of halogens is 3. The molecule has 0 aliphatic rings. The van der Waals surface area contributed by atoms with Crippen molar-refractivity contribution in [2.75, 3.05) is 5.32 Å². The lowest BCUT2D eigenvalue weighted by Gasteiger charge is -2.10. The summed E-state index contributed by atoms with van der Waals surface area (Å²) in [6.07, 6.45) is -4.30. The minimum absolute atomic E-state index is 0.539. The number of hydrogen-bond donors (Lipinski definition) is 1. The molecule has 0 atom stereocenters. The van der Waals surface area contributed by atoms with Crippen molar-refractivity contribution in [1.82, 2.24) is 9.78 Å². The van der Waals surface area contributed by atoms with Gasteiger partial charge in [0.15, 0.2) is 0 Å². The zero-order valence-corrected chi connectivity index (χ0v) is 11.5. The van der Waals surface area contributed by atoms with Crippen molar-refractivity contribution in [3.05, 3.63) is 46.8 Å². The molecular formula is C14H16F3N3. The van der Waals surface area contributed by atoms with Crippen LogP contribution in [0.5, 0.6) is 0 Å². The average Bonchev–Trinajstić information content (AvgIpc) is 2.61. The van der Waals surface area contributed by atoms with Crippen LogP contribution in [0.1, 0.15) is 22.5 Å². The van der Waals surface area contributed by atoms with E-state index in [1.54, 1.807) is 4.68 Å². The first-order chi connectivity index (χ1) is 9.29. The molecule has 0 saturated carbocycles. The van der Waals surface area contributed by atoms with Gasteiger partial charge in [0.1, 0.15) is 0 Å². The molecule has 0 spiro atoms. The first kappa shape index (κ1) is 14.4. The van der Waals surface area contributed by atoms with Crippen molar-refractivity contribution >= 4 is 5.69 Å². The highest BCUT2D eigenvalue weighted by Gasteiger charge is 2.29. The molecule has 2 rings (SSSR count). The molecule has 108 valence electrons. The first-order valence-corrected chi connectivity index (χ1v) is 6.19. The highest BCUT2D eigenvalue weighted by Crippen LogP contribution is 2.29. The fraction of sp³-hybridized carbons (Fsp3) is 0.357. The Morgan fingerprint density at radius 3 is 2.20 bits per heavy atom. The summed E-state index contributed by atoms with van der Waals surface area (Å²) in [5, 5.41) is 7.41. The Hall–Kier alpha value is -1.98. The molecule has 20 heavy (non-hydrogen) atoms. The van der Waals surface area contributed by atoms with E-state index in [-0.39, 0.29) is 0 Å². The van der Waals surface area contributed by atoms with Crippen LogP contribution in [0.25, 0.3) is 0 Å². The van der Waals surface area contributed by atoms with Crippen LogP contribution in [0, 0.1) is 13.8 Å². The SMILES string of the molecule is Cc1nn(C)c(C)c1CNc1ccc(C(F)(F)F)cc1. The minimum atomic E-state index is -4.30. The smallest absolute Gasteiger partial charge is 0.381 e. The van der Waals surface area contributed by atoms with Crippen LogP contribution in [0.2, 0.25) is 0 Å². The number of nitrogens with one attached hydrogen (secondary N) is 1. The number of alkyl halides is 3. The van der Waals surface area contributed by atoms with Crippen molar-refractivity contribution < 1.29 is 13.2 Å². The molecule has 1 aromatic heterocycles. The van der Waals surface area contributed by atoms with E-state index in [1.165, 1.54) is 12.1 Å². The third-order valence-electron chi connectivity index (χ3n) is 3.34. The van der Waals surface area contributed by atoms with Gasteiger partial charge in [-0.25, -0.2) is 0 Å². The van der Waals surface area contributed by atoms with Gasteiger partial charge in [0.05, 0.1) is 11.3 Å². The molecule has 1 heterocycles. The number of benzene rings is 1. The van der Waals surface area contributed by atoms with Crippen LogP contribution in [-0.4, -0.2) is 9.78 Å². The van der Waals surface area contributed by atoms with Crippen LogP contribution in [0.4, 0.5) is 18.9 Å². The summed E-state index contributed by atoms with van der Waals surface area (Å²) in [6.45, 7) is 4.41. The Balaban J connectivity index is 2.08. The van der Waals surface area contributed by atoms with Crippen LogP contribution >= 0.6 is 0 Å². The van der Waals surface area contributed by atoms with Crippen LogP contribution < -0.4 is 5.32 Å².